The van der Waals surface area contributed by atoms with Crippen LogP contribution in [0.2, 0.25) is 0 Å². The van der Waals surface area contributed by atoms with Crippen LogP contribution in [0, 0.1) is 0 Å². The summed E-state index contributed by atoms with van der Waals surface area (Å²) in [6.45, 7) is -0.0172. The Morgan fingerprint density at radius 3 is 2.50 bits per heavy atom. The van der Waals surface area contributed by atoms with Crippen molar-refractivity contribution in [2.45, 2.75) is 37.1 Å². The van der Waals surface area contributed by atoms with E-state index in [-0.39, 0.29) is 35.9 Å². The fourth-order valence-electron chi connectivity index (χ4n) is 3.63. The summed E-state index contributed by atoms with van der Waals surface area (Å²) in [5.74, 6) is -0.310. The van der Waals surface area contributed by atoms with E-state index in [1.807, 2.05) is 0 Å². The average Bonchev–Trinajstić information content (AvgIpc) is 3.46. The van der Waals surface area contributed by atoms with Crippen LogP contribution in [0.5, 0.6) is 11.5 Å². The van der Waals surface area contributed by atoms with E-state index in [4.69, 9.17) is 4.74 Å². The van der Waals surface area contributed by atoms with E-state index < -0.39 is 23.8 Å². The zero-order chi connectivity index (χ0) is 21.5. The number of aromatic hydroxyl groups is 1. The number of halogens is 3. The third-order valence-corrected chi connectivity index (χ3v) is 5.48. The molecule has 2 aliphatic rings. The maximum Gasteiger partial charge on any atom is 0.416 e. The lowest BCUT2D eigenvalue weighted by Crippen LogP contribution is -2.37. The number of carbonyl (C=O) groups excluding carboxylic acids is 1. The third-order valence-electron chi connectivity index (χ3n) is 5.48. The maximum absolute atomic E-state index is 12.7. The van der Waals surface area contributed by atoms with Gasteiger partial charge in [0.2, 0.25) is 0 Å². The van der Waals surface area contributed by atoms with E-state index in [0.717, 1.165) is 30.5 Å². The fraction of sp³-hybridized carbons (Fsp3) is 0.381. The summed E-state index contributed by atoms with van der Waals surface area (Å²) in [4.78, 5) is 11.5. The third kappa shape index (κ3) is 4.22. The minimum atomic E-state index is -4.36. The number of β-amino-alcohol motifs (C(OH)–C–C–N with tert-alkyl or cyclic N) is 1. The van der Waals surface area contributed by atoms with Crippen LogP contribution in [0.1, 0.15) is 35.6 Å². The first-order valence-electron chi connectivity index (χ1n) is 9.55. The van der Waals surface area contributed by atoms with Crippen LogP contribution in [0.25, 0.3) is 0 Å². The highest BCUT2D eigenvalue weighted by atomic mass is 19.4. The molecule has 1 aliphatic carbocycles. The molecule has 1 atom stereocenters. The van der Waals surface area contributed by atoms with Crippen molar-refractivity contribution in [3.8, 4) is 11.5 Å². The second-order valence-corrected chi connectivity index (χ2v) is 7.76. The van der Waals surface area contributed by atoms with Crippen molar-refractivity contribution in [3.05, 3.63) is 53.1 Å². The number of phenolic OH excluding ortho intramolecular Hbond substituents is 1. The van der Waals surface area contributed by atoms with Gasteiger partial charge in [-0.05, 0) is 49.1 Å². The second kappa shape index (κ2) is 7.48. The van der Waals surface area contributed by atoms with E-state index in [0.29, 0.717) is 12.0 Å². The quantitative estimate of drug-likeness (QED) is 0.537. The molecule has 1 heterocycles. The number of amides is 1. The van der Waals surface area contributed by atoms with Gasteiger partial charge in [-0.15, -0.1) is 0 Å². The summed E-state index contributed by atoms with van der Waals surface area (Å²) in [6, 6.07) is 8.03. The Morgan fingerprint density at radius 1 is 1.17 bits per heavy atom. The molecular weight excluding hydrogens is 401 g/mol. The number of fused-ring (bicyclic) bond motifs is 1. The first-order chi connectivity index (χ1) is 14.2. The van der Waals surface area contributed by atoms with Crippen LogP contribution < -0.4 is 15.4 Å². The normalized spacial score (nSPS) is 18.2. The molecule has 1 saturated carbocycles. The van der Waals surface area contributed by atoms with Gasteiger partial charge in [-0.3, -0.25) is 4.79 Å². The van der Waals surface area contributed by atoms with Gasteiger partial charge in [0.1, 0.15) is 11.4 Å². The molecule has 6 nitrogen and oxygen atoms in total. The van der Waals surface area contributed by atoms with Crippen molar-refractivity contribution >= 4 is 11.6 Å². The fourth-order valence-corrected chi connectivity index (χ4v) is 3.63. The van der Waals surface area contributed by atoms with Crippen LogP contribution in [0.3, 0.4) is 0 Å². The van der Waals surface area contributed by atoms with Crippen molar-refractivity contribution in [1.29, 1.82) is 0 Å². The van der Waals surface area contributed by atoms with Gasteiger partial charge in [0.15, 0.2) is 12.4 Å². The Hall–Kier alpha value is -2.78. The van der Waals surface area contributed by atoms with Crippen molar-refractivity contribution < 1.29 is 32.9 Å². The smallest absolute Gasteiger partial charge is 0.416 e. The van der Waals surface area contributed by atoms with Crippen molar-refractivity contribution in [2.75, 3.05) is 18.5 Å². The van der Waals surface area contributed by atoms with E-state index >= 15 is 0 Å². The Kier molecular flexibility index (Phi) is 5.11. The van der Waals surface area contributed by atoms with E-state index in [2.05, 4.69) is 10.6 Å². The molecule has 2 aromatic carbocycles. The van der Waals surface area contributed by atoms with Gasteiger partial charge in [-0.2, -0.15) is 13.2 Å². The largest absolute Gasteiger partial charge is 0.506 e. The SMILES string of the molecule is O=C1COc2c(C(O)CNC3(Cc4ccc(C(F)(F)F)cc4)CC3)ccc(O)c2N1. The molecule has 1 unspecified atom stereocenters. The van der Waals surface area contributed by atoms with E-state index in [1.165, 1.54) is 24.3 Å². The second-order valence-electron chi connectivity index (χ2n) is 7.76. The molecule has 0 radical (unpaired) electrons. The van der Waals surface area contributed by atoms with Crippen molar-refractivity contribution in [1.82, 2.24) is 5.32 Å². The van der Waals surface area contributed by atoms with Crippen molar-refractivity contribution in [2.24, 2.45) is 0 Å². The number of hydrogen-bond donors (Lipinski definition) is 4. The lowest BCUT2D eigenvalue weighted by atomic mass is 10.0. The number of ether oxygens (including phenoxy) is 1. The molecule has 4 rings (SSSR count). The number of carbonyl (C=O) groups is 1. The number of anilines is 1. The molecule has 1 amide bonds. The first-order valence-corrected chi connectivity index (χ1v) is 9.55. The molecule has 0 spiro atoms. The molecule has 2 aromatic rings. The lowest BCUT2D eigenvalue weighted by Gasteiger charge is -2.25. The molecule has 0 bridgehead atoms. The first kappa shape index (κ1) is 20.5. The molecule has 30 heavy (non-hydrogen) atoms. The highest BCUT2D eigenvalue weighted by Crippen LogP contribution is 2.43. The molecule has 1 fully saturated rings. The average molecular weight is 422 g/mol. The molecular formula is C21H21F3N2O4. The van der Waals surface area contributed by atoms with Gasteiger partial charge in [0.25, 0.3) is 5.91 Å². The van der Waals surface area contributed by atoms with E-state index in [1.54, 1.807) is 0 Å². The van der Waals surface area contributed by atoms with Crippen LogP contribution in [0.15, 0.2) is 36.4 Å². The summed E-state index contributed by atoms with van der Waals surface area (Å²) in [6.07, 6.45) is -3.07. The van der Waals surface area contributed by atoms with Gasteiger partial charge >= 0.3 is 6.18 Å². The van der Waals surface area contributed by atoms with Gasteiger partial charge in [-0.25, -0.2) is 0 Å². The summed E-state index contributed by atoms with van der Waals surface area (Å²) >= 11 is 0. The Morgan fingerprint density at radius 2 is 1.87 bits per heavy atom. The van der Waals surface area contributed by atoms with E-state index in [9.17, 15) is 28.2 Å². The van der Waals surface area contributed by atoms with Crippen LogP contribution in [-0.2, 0) is 17.4 Å². The van der Waals surface area contributed by atoms with Crippen LogP contribution in [-0.4, -0.2) is 34.8 Å². The predicted octanol–water partition coefficient (Wildman–Crippen LogP) is 3.14. The zero-order valence-electron chi connectivity index (χ0n) is 15.9. The number of aliphatic hydroxyl groups is 1. The summed E-state index contributed by atoms with van der Waals surface area (Å²) < 4.78 is 43.6. The molecule has 160 valence electrons. The molecule has 0 saturated heterocycles. The summed E-state index contributed by atoms with van der Waals surface area (Å²) in [7, 11) is 0. The minimum Gasteiger partial charge on any atom is -0.506 e. The number of aliphatic hydroxyl groups excluding tert-OH is 1. The highest BCUT2D eigenvalue weighted by molar-refractivity contribution is 5.97. The highest BCUT2D eigenvalue weighted by Gasteiger charge is 2.42. The molecule has 1 aliphatic heterocycles. The monoisotopic (exact) mass is 422 g/mol. The number of phenols is 1. The maximum atomic E-state index is 12.7. The van der Waals surface area contributed by atoms with Gasteiger partial charge in [0.05, 0.1) is 11.7 Å². The molecule has 4 N–H and O–H groups in total. The topological polar surface area (TPSA) is 90.8 Å². The van der Waals surface area contributed by atoms with Gasteiger partial charge < -0.3 is 25.6 Å². The Labute approximate surface area is 170 Å². The number of nitrogens with one attached hydrogen (secondary N) is 2. The summed E-state index contributed by atoms with van der Waals surface area (Å²) in [5.41, 5.74) is 0.404. The number of benzene rings is 2. The number of hydrogen-bond acceptors (Lipinski definition) is 5. The van der Waals surface area contributed by atoms with Gasteiger partial charge in [0, 0.05) is 17.6 Å². The minimum absolute atomic E-state index is 0.133. The number of alkyl halides is 3. The summed E-state index contributed by atoms with van der Waals surface area (Å²) in [5, 5.41) is 26.4. The van der Waals surface area contributed by atoms with Crippen molar-refractivity contribution in [3.63, 3.8) is 0 Å². The number of rotatable bonds is 6. The molecule has 0 aromatic heterocycles. The Bertz CT molecular complexity index is 956. The van der Waals surface area contributed by atoms with Crippen LogP contribution >= 0.6 is 0 Å². The lowest BCUT2D eigenvalue weighted by molar-refractivity contribution is -0.137. The van der Waals surface area contributed by atoms with Gasteiger partial charge in [-0.1, -0.05) is 12.1 Å². The molecule has 9 heteroatoms. The van der Waals surface area contributed by atoms with Crippen LogP contribution in [0.4, 0.5) is 18.9 Å². The predicted molar refractivity (Wildman–Crippen MR) is 102 cm³/mol. The standard InChI is InChI=1S/C21H21F3N2O4/c22-21(23,24)13-3-1-12(2-4-13)9-20(7-8-20)25-10-16(28)14-5-6-15(27)18-19(14)30-11-17(29)26-18/h1-6,16,25,27-28H,7-11H2,(H,26,29). The Balaban J connectivity index is 1.41. The zero-order valence-corrected chi connectivity index (χ0v) is 15.9.